The van der Waals surface area contributed by atoms with Gasteiger partial charge in [-0.2, -0.15) is 0 Å². The molecule has 1 amide bonds. The Morgan fingerprint density at radius 2 is 2.11 bits per heavy atom. The number of nitrogens with two attached hydrogens (primary N) is 1. The van der Waals surface area contributed by atoms with Crippen molar-refractivity contribution in [2.45, 2.75) is 20.8 Å². The maximum absolute atomic E-state index is 11.2. The molecule has 0 saturated heterocycles. The van der Waals surface area contributed by atoms with Crippen LogP contribution in [0.1, 0.15) is 19.4 Å². The zero-order chi connectivity index (χ0) is 13.9. The molecule has 0 unspecified atom stereocenters. The van der Waals surface area contributed by atoms with Crippen molar-refractivity contribution in [3.8, 4) is 0 Å². The summed E-state index contributed by atoms with van der Waals surface area (Å²) < 4.78 is 0. The van der Waals surface area contributed by atoms with Crippen molar-refractivity contribution in [3.05, 3.63) is 33.9 Å². The zero-order valence-electron chi connectivity index (χ0n) is 10.7. The topological polar surface area (TPSA) is 98.3 Å². The van der Waals surface area contributed by atoms with Gasteiger partial charge in [-0.05, 0) is 26.3 Å². The normalized spacial score (nSPS) is 11.1. The van der Waals surface area contributed by atoms with Crippen LogP contribution in [0.5, 0.6) is 0 Å². The fourth-order valence-electron chi connectivity index (χ4n) is 1.32. The highest BCUT2D eigenvalue weighted by molar-refractivity contribution is 5.80. The number of nitrogens with one attached hydrogen (secondary N) is 1. The lowest BCUT2D eigenvalue weighted by Crippen LogP contribution is -2.37. The molecule has 0 aliphatic heterocycles. The van der Waals surface area contributed by atoms with Crippen LogP contribution in [0.25, 0.3) is 0 Å². The SMILES string of the molecule is Cc1ccc([N+](=O)[O-])cc1NCC(C)(C)C(N)=O. The van der Waals surface area contributed by atoms with Gasteiger partial charge in [0.05, 0.1) is 10.3 Å². The summed E-state index contributed by atoms with van der Waals surface area (Å²) in [6, 6.07) is 4.56. The molecular weight excluding hydrogens is 234 g/mol. The molecule has 0 fully saturated rings. The number of nitrogens with zero attached hydrogens (tertiary/aromatic N) is 1. The van der Waals surface area contributed by atoms with E-state index in [1.807, 2.05) is 6.92 Å². The molecule has 0 atom stereocenters. The largest absolute Gasteiger partial charge is 0.384 e. The van der Waals surface area contributed by atoms with Crippen molar-refractivity contribution in [3.63, 3.8) is 0 Å². The monoisotopic (exact) mass is 251 g/mol. The number of benzene rings is 1. The van der Waals surface area contributed by atoms with Crippen LogP contribution in [0.2, 0.25) is 0 Å². The first-order chi connectivity index (χ1) is 8.24. The van der Waals surface area contributed by atoms with Gasteiger partial charge in [-0.3, -0.25) is 14.9 Å². The van der Waals surface area contributed by atoms with Gasteiger partial charge in [-0.1, -0.05) is 6.07 Å². The molecule has 0 aliphatic rings. The molecule has 0 aliphatic carbocycles. The second-order valence-corrected chi connectivity index (χ2v) is 4.86. The number of nitro groups is 1. The summed E-state index contributed by atoms with van der Waals surface area (Å²) in [6.45, 7) is 5.59. The lowest BCUT2D eigenvalue weighted by Gasteiger charge is -2.22. The van der Waals surface area contributed by atoms with Crippen LogP contribution in [0.15, 0.2) is 18.2 Å². The molecule has 0 radical (unpaired) electrons. The minimum Gasteiger partial charge on any atom is -0.384 e. The Bertz CT molecular complexity index is 483. The van der Waals surface area contributed by atoms with Crippen molar-refractivity contribution in [2.75, 3.05) is 11.9 Å². The van der Waals surface area contributed by atoms with E-state index in [9.17, 15) is 14.9 Å². The Morgan fingerprint density at radius 3 is 2.61 bits per heavy atom. The summed E-state index contributed by atoms with van der Waals surface area (Å²) in [5.41, 5.74) is 6.08. The maximum Gasteiger partial charge on any atom is 0.271 e. The highest BCUT2D eigenvalue weighted by Gasteiger charge is 2.24. The van der Waals surface area contributed by atoms with Crippen molar-refractivity contribution in [2.24, 2.45) is 11.1 Å². The van der Waals surface area contributed by atoms with E-state index in [0.29, 0.717) is 12.2 Å². The number of carbonyl (C=O) groups excluding carboxylic acids is 1. The molecule has 98 valence electrons. The molecule has 0 aromatic heterocycles. The van der Waals surface area contributed by atoms with Crippen molar-refractivity contribution in [1.29, 1.82) is 0 Å². The second kappa shape index (κ2) is 5.03. The summed E-state index contributed by atoms with van der Waals surface area (Å²) in [7, 11) is 0. The van der Waals surface area contributed by atoms with Gasteiger partial charge in [0.1, 0.15) is 0 Å². The highest BCUT2D eigenvalue weighted by Crippen LogP contribution is 2.23. The third-order valence-electron chi connectivity index (χ3n) is 2.82. The first-order valence-electron chi connectivity index (χ1n) is 5.53. The highest BCUT2D eigenvalue weighted by atomic mass is 16.6. The number of amides is 1. The van der Waals surface area contributed by atoms with E-state index in [1.165, 1.54) is 12.1 Å². The fourth-order valence-corrected chi connectivity index (χ4v) is 1.32. The number of nitro benzene ring substituents is 1. The average Bonchev–Trinajstić information content (AvgIpc) is 2.27. The molecule has 6 heteroatoms. The minimum absolute atomic E-state index is 0.0139. The summed E-state index contributed by atoms with van der Waals surface area (Å²) in [5.74, 6) is -0.418. The van der Waals surface area contributed by atoms with Crippen LogP contribution in [-0.2, 0) is 4.79 Å². The average molecular weight is 251 g/mol. The number of hydrogen-bond donors (Lipinski definition) is 2. The lowest BCUT2D eigenvalue weighted by molar-refractivity contribution is -0.384. The first-order valence-corrected chi connectivity index (χ1v) is 5.53. The molecule has 1 rings (SSSR count). The van der Waals surface area contributed by atoms with E-state index in [4.69, 9.17) is 5.73 Å². The van der Waals surface area contributed by atoms with Crippen LogP contribution in [0.3, 0.4) is 0 Å². The summed E-state index contributed by atoms with van der Waals surface area (Å²) in [5, 5.41) is 13.7. The number of hydrogen-bond acceptors (Lipinski definition) is 4. The van der Waals surface area contributed by atoms with E-state index < -0.39 is 16.2 Å². The Balaban J connectivity index is 2.88. The molecule has 18 heavy (non-hydrogen) atoms. The third-order valence-corrected chi connectivity index (χ3v) is 2.82. The molecule has 1 aromatic rings. The zero-order valence-corrected chi connectivity index (χ0v) is 10.7. The van der Waals surface area contributed by atoms with Crippen molar-refractivity contribution >= 4 is 17.3 Å². The van der Waals surface area contributed by atoms with Gasteiger partial charge < -0.3 is 11.1 Å². The molecule has 0 heterocycles. The molecule has 0 bridgehead atoms. The quantitative estimate of drug-likeness (QED) is 0.616. The third kappa shape index (κ3) is 3.19. The molecule has 3 N–H and O–H groups in total. The first kappa shape index (κ1) is 14.0. The van der Waals surface area contributed by atoms with E-state index >= 15 is 0 Å². The van der Waals surface area contributed by atoms with Crippen LogP contribution >= 0.6 is 0 Å². The molecule has 6 nitrogen and oxygen atoms in total. The molecule has 0 saturated carbocycles. The molecule has 1 aromatic carbocycles. The standard InChI is InChI=1S/C12H17N3O3/c1-8-4-5-9(15(17)18)6-10(8)14-7-12(2,3)11(13)16/h4-6,14H,7H2,1-3H3,(H2,13,16). The summed E-state index contributed by atoms with van der Waals surface area (Å²) >= 11 is 0. The van der Waals surface area contributed by atoms with Gasteiger partial charge in [-0.25, -0.2) is 0 Å². The van der Waals surface area contributed by atoms with E-state index in [1.54, 1.807) is 19.9 Å². The Kier molecular flexibility index (Phi) is 3.90. The van der Waals surface area contributed by atoms with Crippen LogP contribution < -0.4 is 11.1 Å². The van der Waals surface area contributed by atoms with Gasteiger partial charge >= 0.3 is 0 Å². The van der Waals surface area contributed by atoms with Crippen molar-refractivity contribution < 1.29 is 9.72 Å². The Hall–Kier alpha value is -2.11. The van der Waals surface area contributed by atoms with E-state index in [2.05, 4.69) is 5.32 Å². The van der Waals surface area contributed by atoms with Crippen molar-refractivity contribution in [1.82, 2.24) is 0 Å². The van der Waals surface area contributed by atoms with Crippen LogP contribution in [0, 0.1) is 22.5 Å². The van der Waals surface area contributed by atoms with Crippen LogP contribution in [-0.4, -0.2) is 17.4 Å². The van der Waals surface area contributed by atoms with Gasteiger partial charge in [-0.15, -0.1) is 0 Å². The fraction of sp³-hybridized carbons (Fsp3) is 0.417. The maximum atomic E-state index is 11.2. The second-order valence-electron chi connectivity index (χ2n) is 4.86. The Morgan fingerprint density at radius 1 is 1.50 bits per heavy atom. The van der Waals surface area contributed by atoms with Gasteiger partial charge in [0.2, 0.25) is 5.91 Å². The predicted molar refractivity (Wildman–Crippen MR) is 69.3 cm³/mol. The predicted octanol–water partition coefficient (Wildman–Crippen LogP) is 1.83. The molecular formula is C12H17N3O3. The van der Waals surface area contributed by atoms with Gasteiger partial charge in [0.25, 0.3) is 5.69 Å². The number of primary amides is 1. The van der Waals surface area contributed by atoms with Gasteiger partial charge in [0, 0.05) is 24.4 Å². The number of rotatable bonds is 5. The number of anilines is 1. The summed E-state index contributed by atoms with van der Waals surface area (Å²) in [4.78, 5) is 21.4. The summed E-state index contributed by atoms with van der Waals surface area (Å²) in [6.07, 6.45) is 0. The van der Waals surface area contributed by atoms with Crippen LogP contribution in [0.4, 0.5) is 11.4 Å². The molecule has 0 spiro atoms. The Labute approximate surface area is 105 Å². The lowest BCUT2D eigenvalue weighted by atomic mass is 9.92. The number of carbonyl (C=O) groups is 1. The smallest absolute Gasteiger partial charge is 0.271 e. The minimum atomic E-state index is -0.711. The van der Waals surface area contributed by atoms with E-state index in [-0.39, 0.29) is 5.69 Å². The number of non-ortho nitro benzene ring substituents is 1. The van der Waals surface area contributed by atoms with Gasteiger partial charge in [0.15, 0.2) is 0 Å². The number of aryl methyl sites for hydroxylation is 1. The van der Waals surface area contributed by atoms with E-state index in [0.717, 1.165) is 5.56 Å².